The van der Waals surface area contributed by atoms with Crippen molar-refractivity contribution >= 4 is 65.7 Å². The number of benzene rings is 8. The Morgan fingerprint density at radius 2 is 0.947 bits per heavy atom. The topological polar surface area (TPSA) is 69.9 Å². The standard InChI is InChI=1S/C51H30N4O2/c1-3-13-31(14-4-1)49-52-50(54-51(53-49)33-25-27-36-35-17-8-10-24-44(35)56-46(36)30-33)32-26-28-45-41(29-32)39-21-11-20-38(48(39)57-45)37-19-12-23-43-47(37)40-18-7-9-22-42(40)55(43)34-15-5-2-6-16-34/h1-30H. The van der Waals surface area contributed by atoms with Crippen LogP contribution in [0.5, 0.6) is 0 Å². The van der Waals surface area contributed by atoms with Crippen LogP contribution in [0.1, 0.15) is 0 Å². The van der Waals surface area contributed by atoms with Gasteiger partial charge in [0.25, 0.3) is 0 Å². The molecule has 0 aliphatic heterocycles. The highest BCUT2D eigenvalue weighted by Crippen LogP contribution is 2.43. The maximum absolute atomic E-state index is 6.76. The van der Waals surface area contributed by atoms with Gasteiger partial charge in [0.15, 0.2) is 17.5 Å². The van der Waals surface area contributed by atoms with Crippen molar-refractivity contribution in [3.63, 3.8) is 0 Å². The van der Waals surface area contributed by atoms with Crippen LogP contribution in [0.2, 0.25) is 0 Å². The predicted octanol–water partition coefficient (Wildman–Crippen LogP) is 13.4. The average molecular weight is 731 g/mol. The molecule has 0 amide bonds. The van der Waals surface area contributed by atoms with Crippen LogP contribution in [-0.2, 0) is 0 Å². The van der Waals surface area contributed by atoms with Crippen molar-refractivity contribution in [2.75, 3.05) is 0 Å². The van der Waals surface area contributed by atoms with E-state index in [0.717, 1.165) is 88.4 Å². The second kappa shape index (κ2) is 12.3. The summed E-state index contributed by atoms with van der Waals surface area (Å²) < 4.78 is 15.4. The van der Waals surface area contributed by atoms with Gasteiger partial charge in [0.05, 0.1) is 11.0 Å². The summed E-state index contributed by atoms with van der Waals surface area (Å²) in [6.45, 7) is 0. The zero-order valence-corrected chi connectivity index (χ0v) is 30.4. The highest BCUT2D eigenvalue weighted by atomic mass is 16.3. The fourth-order valence-corrected chi connectivity index (χ4v) is 8.46. The van der Waals surface area contributed by atoms with E-state index in [1.54, 1.807) is 0 Å². The van der Waals surface area contributed by atoms with E-state index in [1.165, 1.54) is 10.8 Å². The summed E-state index contributed by atoms with van der Waals surface area (Å²) in [5.41, 5.74) is 11.5. The van der Waals surface area contributed by atoms with E-state index in [4.69, 9.17) is 23.8 Å². The predicted molar refractivity (Wildman–Crippen MR) is 230 cm³/mol. The van der Waals surface area contributed by atoms with Gasteiger partial charge >= 0.3 is 0 Å². The third kappa shape index (κ3) is 4.94. The first-order chi connectivity index (χ1) is 28.2. The van der Waals surface area contributed by atoms with Crippen molar-refractivity contribution in [2.24, 2.45) is 0 Å². The molecule has 0 fully saturated rings. The fraction of sp³-hybridized carbons (Fsp3) is 0. The molecule has 12 rings (SSSR count). The number of fused-ring (bicyclic) bond motifs is 9. The van der Waals surface area contributed by atoms with E-state index < -0.39 is 0 Å². The second-order valence-electron chi connectivity index (χ2n) is 14.4. The SMILES string of the molecule is c1ccc(-c2nc(-c3ccc4c(c3)oc3ccccc34)nc(-c3ccc4oc5c(-c6cccc7c6c6ccccc6n7-c6ccccc6)cccc5c4c3)n2)cc1. The zero-order valence-electron chi connectivity index (χ0n) is 30.4. The lowest BCUT2D eigenvalue weighted by atomic mass is 9.97. The first kappa shape index (κ1) is 31.5. The Morgan fingerprint density at radius 3 is 1.79 bits per heavy atom. The normalized spacial score (nSPS) is 11.9. The Morgan fingerprint density at radius 1 is 0.351 bits per heavy atom. The Hall–Kier alpha value is -7.83. The minimum atomic E-state index is 0.573. The Bertz CT molecular complexity index is 3530. The molecule has 8 aromatic carbocycles. The molecule has 6 heteroatoms. The molecule has 4 aromatic heterocycles. The molecular weight excluding hydrogens is 701 g/mol. The molecule has 0 radical (unpaired) electrons. The van der Waals surface area contributed by atoms with E-state index in [9.17, 15) is 0 Å². The number of aromatic nitrogens is 4. The highest BCUT2D eigenvalue weighted by Gasteiger charge is 2.21. The molecule has 57 heavy (non-hydrogen) atoms. The van der Waals surface area contributed by atoms with Gasteiger partial charge in [0, 0.05) is 60.3 Å². The van der Waals surface area contributed by atoms with Crippen LogP contribution in [0.4, 0.5) is 0 Å². The number of furan rings is 2. The molecule has 0 unspecified atom stereocenters. The summed E-state index contributed by atoms with van der Waals surface area (Å²) in [5, 5.41) is 6.55. The van der Waals surface area contributed by atoms with E-state index in [1.807, 2.05) is 66.7 Å². The summed E-state index contributed by atoms with van der Waals surface area (Å²) in [5.74, 6) is 1.75. The van der Waals surface area contributed by atoms with Crippen molar-refractivity contribution < 1.29 is 8.83 Å². The molecule has 0 saturated heterocycles. The van der Waals surface area contributed by atoms with Crippen LogP contribution in [0, 0.1) is 0 Å². The third-order valence-electron chi connectivity index (χ3n) is 11.1. The van der Waals surface area contributed by atoms with E-state index in [0.29, 0.717) is 17.5 Å². The van der Waals surface area contributed by atoms with Crippen LogP contribution in [0.15, 0.2) is 191 Å². The Labute approximate surface area is 325 Å². The average Bonchev–Trinajstić information content (AvgIpc) is 3.96. The highest BCUT2D eigenvalue weighted by molar-refractivity contribution is 6.19. The van der Waals surface area contributed by atoms with Crippen LogP contribution in [0.3, 0.4) is 0 Å². The van der Waals surface area contributed by atoms with E-state index in [2.05, 4.69) is 120 Å². The van der Waals surface area contributed by atoms with Gasteiger partial charge in [0.2, 0.25) is 0 Å². The molecule has 0 saturated carbocycles. The molecule has 266 valence electrons. The van der Waals surface area contributed by atoms with Crippen molar-refractivity contribution in [1.82, 2.24) is 19.5 Å². The van der Waals surface area contributed by atoms with Gasteiger partial charge in [0.1, 0.15) is 22.3 Å². The molecule has 4 heterocycles. The molecule has 12 aromatic rings. The molecule has 6 nitrogen and oxygen atoms in total. The van der Waals surface area contributed by atoms with E-state index >= 15 is 0 Å². The summed E-state index contributed by atoms with van der Waals surface area (Å²) in [7, 11) is 0. The Balaban J connectivity index is 1.03. The maximum atomic E-state index is 6.76. The minimum Gasteiger partial charge on any atom is -0.456 e. The number of para-hydroxylation sites is 4. The van der Waals surface area contributed by atoms with Gasteiger partial charge in [-0.15, -0.1) is 0 Å². The summed E-state index contributed by atoms with van der Waals surface area (Å²) in [4.78, 5) is 15.1. The summed E-state index contributed by atoms with van der Waals surface area (Å²) >= 11 is 0. The first-order valence-corrected chi connectivity index (χ1v) is 19.0. The van der Waals surface area contributed by atoms with E-state index in [-0.39, 0.29) is 0 Å². The maximum Gasteiger partial charge on any atom is 0.164 e. The monoisotopic (exact) mass is 730 g/mol. The first-order valence-electron chi connectivity index (χ1n) is 19.0. The van der Waals surface area contributed by atoms with Crippen LogP contribution in [0.25, 0.3) is 117 Å². The zero-order chi connectivity index (χ0) is 37.5. The summed E-state index contributed by atoms with van der Waals surface area (Å²) in [6, 6.07) is 62.7. The number of hydrogen-bond acceptors (Lipinski definition) is 5. The lowest BCUT2D eigenvalue weighted by Crippen LogP contribution is -2.00. The second-order valence-corrected chi connectivity index (χ2v) is 14.4. The molecule has 0 aliphatic carbocycles. The lowest BCUT2D eigenvalue weighted by molar-refractivity contribution is 0.669. The number of nitrogens with zero attached hydrogens (tertiary/aromatic N) is 4. The van der Waals surface area contributed by atoms with Gasteiger partial charge in [-0.3, -0.25) is 0 Å². The van der Waals surface area contributed by atoms with Crippen molar-refractivity contribution in [1.29, 1.82) is 0 Å². The molecule has 0 atom stereocenters. The third-order valence-corrected chi connectivity index (χ3v) is 11.1. The largest absolute Gasteiger partial charge is 0.456 e. The molecule has 0 spiro atoms. The van der Waals surface area contributed by atoms with Crippen molar-refractivity contribution in [2.45, 2.75) is 0 Å². The van der Waals surface area contributed by atoms with Crippen LogP contribution < -0.4 is 0 Å². The molecule has 0 bridgehead atoms. The van der Waals surface area contributed by atoms with Crippen LogP contribution in [-0.4, -0.2) is 19.5 Å². The molecular formula is C51H30N4O2. The minimum absolute atomic E-state index is 0.573. The van der Waals surface area contributed by atoms with Gasteiger partial charge in [-0.25, -0.2) is 15.0 Å². The smallest absolute Gasteiger partial charge is 0.164 e. The Kier molecular flexibility index (Phi) is 6.83. The quantitative estimate of drug-likeness (QED) is 0.176. The number of hydrogen-bond donors (Lipinski definition) is 0. The number of rotatable bonds is 5. The van der Waals surface area contributed by atoms with Gasteiger partial charge in [-0.2, -0.15) is 0 Å². The van der Waals surface area contributed by atoms with Crippen LogP contribution >= 0.6 is 0 Å². The fourth-order valence-electron chi connectivity index (χ4n) is 8.46. The van der Waals surface area contributed by atoms with Crippen molar-refractivity contribution in [3.8, 4) is 51.0 Å². The van der Waals surface area contributed by atoms with Gasteiger partial charge in [-0.05, 0) is 66.2 Å². The molecule has 0 N–H and O–H groups in total. The van der Waals surface area contributed by atoms with Gasteiger partial charge < -0.3 is 13.4 Å². The summed E-state index contributed by atoms with van der Waals surface area (Å²) in [6.07, 6.45) is 0. The molecule has 0 aliphatic rings. The lowest BCUT2D eigenvalue weighted by Gasteiger charge is -2.09. The van der Waals surface area contributed by atoms with Gasteiger partial charge in [-0.1, -0.05) is 121 Å². The van der Waals surface area contributed by atoms with Crippen molar-refractivity contribution in [3.05, 3.63) is 182 Å².